The van der Waals surface area contributed by atoms with Crippen molar-refractivity contribution >= 4 is 10.9 Å². The lowest BCUT2D eigenvalue weighted by Crippen LogP contribution is -2.38. The zero-order valence-corrected chi connectivity index (χ0v) is 11.5. The van der Waals surface area contributed by atoms with Gasteiger partial charge in [-0.3, -0.25) is 4.90 Å². The zero-order valence-electron chi connectivity index (χ0n) is 11.5. The second-order valence-electron chi connectivity index (χ2n) is 5.60. The Labute approximate surface area is 114 Å². The Kier molecular flexibility index (Phi) is 3.58. The number of nitrogens with one attached hydrogen (secondary N) is 1. The predicted molar refractivity (Wildman–Crippen MR) is 78.3 cm³/mol. The van der Waals surface area contributed by atoms with Crippen LogP contribution < -0.4 is 0 Å². The Hall–Kier alpha value is -1.32. The highest BCUT2D eigenvalue weighted by Crippen LogP contribution is 2.22. The Balaban J connectivity index is 1.69. The van der Waals surface area contributed by atoms with Crippen molar-refractivity contribution in [3.63, 3.8) is 0 Å². The van der Waals surface area contributed by atoms with Crippen LogP contribution in [0.15, 0.2) is 30.5 Å². The first kappa shape index (κ1) is 12.7. The molecular weight excluding hydrogens is 236 g/mol. The van der Waals surface area contributed by atoms with Crippen LogP contribution in [0.3, 0.4) is 0 Å². The molecule has 1 aromatic carbocycles. The van der Waals surface area contributed by atoms with E-state index in [1.807, 2.05) is 6.92 Å². The maximum atomic E-state index is 9.80. The number of likely N-dealkylation sites (tertiary alicyclic amines) is 1. The molecule has 2 N–H and O–H groups in total. The lowest BCUT2D eigenvalue weighted by Gasteiger charge is -2.26. The van der Waals surface area contributed by atoms with Crippen molar-refractivity contribution in [1.82, 2.24) is 9.88 Å². The number of aromatic amines is 1. The van der Waals surface area contributed by atoms with E-state index >= 15 is 0 Å². The molecule has 0 amide bonds. The van der Waals surface area contributed by atoms with Gasteiger partial charge in [0.25, 0.3) is 0 Å². The molecule has 19 heavy (non-hydrogen) atoms. The Bertz CT molecular complexity index is 546. The van der Waals surface area contributed by atoms with Gasteiger partial charge >= 0.3 is 0 Å². The van der Waals surface area contributed by atoms with Crippen molar-refractivity contribution in [2.75, 3.05) is 13.1 Å². The Morgan fingerprint density at radius 2 is 2.26 bits per heavy atom. The minimum atomic E-state index is -0.217. The maximum absolute atomic E-state index is 9.80. The highest BCUT2D eigenvalue weighted by molar-refractivity contribution is 5.83. The molecular formula is C16H22N2O. The van der Waals surface area contributed by atoms with Crippen molar-refractivity contribution in [3.05, 3.63) is 36.0 Å². The summed E-state index contributed by atoms with van der Waals surface area (Å²) >= 11 is 0. The van der Waals surface area contributed by atoms with Gasteiger partial charge in [0, 0.05) is 29.7 Å². The van der Waals surface area contributed by atoms with Crippen LogP contribution in [0.5, 0.6) is 0 Å². The summed E-state index contributed by atoms with van der Waals surface area (Å²) in [4.78, 5) is 5.77. The molecule has 102 valence electrons. The normalized spacial score (nSPS) is 22.1. The molecule has 1 aliphatic rings. The maximum Gasteiger partial charge on any atom is 0.0667 e. The average Bonchev–Trinajstić information content (AvgIpc) is 3.03. The topological polar surface area (TPSA) is 39.3 Å². The van der Waals surface area contributed by atoms with E-state index in [-0.39, 0.29) is 6.10 Å². The summed E-state index contributed by atoms with van der Waals surface area (Å²) in [7, 11) is 0. The number of rotatable bonds is 4. The third-order valence-electron chi connectivity index (χ3n) is 4.31. The highest BCUT2D eigenvalue weighted by Gasteiger charge is 2.27. The lowest BCUT2D eigenvalue weighted by molar-refractivity contribution is 0.0874. The third kappa shape index (κ3) is 2.53. The summed E-state index contributed by atoms with van der Waals surface area (Å²) in [6, 6.07) is 8.80. The standard InChI is InChI=1S/C16H22N2O/c1-12(19)16-7-4-9-18(16)10-8-13-11-17-15-6-3-2-5-14(13)15/h2-3,5-6,11-12,16-17,19H,4,7-10H2,1H3/t12-,16+/m1/s1. The molecule has 1 saturated heterocycles. The van der Waals surface area contributed by atoms with Crippen LogP contribution in [-0.2, 0) is 6.42 Å². The van der Waals surface area contributed by atoms with Gasteiger partial charge in [-0.25, -0.2) is 0 Å². The number of nitrogens with zero attached hydrogens (tertiary/aromatic N) is 1. The Morgan fingerprint density at radius 3 is 3.11 bits per heavy atom. The van der Waals surface area contributed by atoms with E-state index in [0.29, 0.717) is 6.04 Å². The molecule has 0 aliphatic carbocycles. The SMILES string of the molecule is C[C@@H](O)[C@@H]1CCCN1CCc1c[nH]c2ccccc12. The van der Waals surface area contributed by atoms with E-state index in [9.17, 15) is 5.11 Å². The number of fused-ring (bicyclic) bond motifs is 1. The molecule has 1 fully saturated rings. The molecule has 0 unspecified atom stereocenters. The molecule has 2 heterocycles. The van der Waals surface area contributed by atoms with Crippen molar-refractivity contribution < 1.29 is 5.11 Å². The van der Waals surface area contributed by atoms with E-state index in [1.165, 1.54) is 22.9 Å². The van der Waals surface area contributed by atoms with Gasteiger partial charge in [-0.05, 0) is 44.4 Å². The number of aliphatic hydroxyl groups is 1. The van der Waals surface area contributed by atoms with Crippen LogP contribution in [0.25, 0.3) is 10.9 Å². The number of H-pyrrole nitrogens is 1. The lowest BCUT2D eigenvalue weighted by atomic mass is 10.1. The summed E-state index contributed by atoms with van der Waals surface area (Å²) in [5.74, 6) is 0. The zero-order chi connectivity index (χ0) is 13.2. The predicted octanol–water partition coefficient (Wildman–Crippen LogP) is 2.56. The molecule has 2 aromatic rings. The summed E-state index contributed by atoms with van der Waals surface area (Å²) in [5, 5.41) is 11.1. The molecule has 0 saturated carbocycles. The van der Waals surface area contributed by atoms with Crippen LogP contribution in [-0.4, -0.2) is 40.2 Å². The van der Waals surface area contributed by atoms with E-state index in [0.717, 1.165) is 25.9 Å². The highest BCUT2D eigenvalue weighted by atomic mass is 16.3. The smallest absolute Gasteiger partial charge is 0.0667 e. The summed E-state index contributed by atoms with van der Waals surface area (Å²) in [6.45, 7) is 4.07. The van der Waals surface area contributed by atoms with Crippen LogP contribution in [0.4, 0.5) is 0 Å². The summed E-state index contributed by atoms with van der Waals surface area (Å²) in [6.07, 6.45) is 5.30. The van der Waals surface area contributed by atoms with Crippen molar-refractivity contribution in [2.24, 2.45) is 0 Å². The van der Waals surface area contributed by atoms with Gasteiger partial charge < -0.3 is 10.1 Å². The van der Waals surface area contributed by atoms with Crippen LogP contribution in [0.1, 0.15) is 25.3 Å². The molecule has 2 atom stereocenters. The Morgan fingerprint density at radius 1 is 1.42 bits per heavy atom. The van der Waals surface area contributed by atoms with Crippen molar-refractivity contribution in [1.29, 1.82) is 0 Å². The number of hydrogen-bond donors (Lipinski definition) is 2. The van der Waals surface area contributed by atoms with Crippen molar-refractivity contribution in [3.8, 4) is 0 Å². The van der Waals surface area contributed by atoms with Gasteiger partial charge in [-0.15, -0.1) is 0 Å². The molecule has 0 spiro atoms. The molecule has 0 bridgehead atoms. The number of hydrogen-bond acceptors (Lipinski definition) is 2. The molecule has 3 heteroatoms. The van der Waals surface area contributed by atoms with Crippen LogP contribution >= 0.6 is 0 Å². The first-order valence-electron chi connectivity index (χ1n) is 7.23. The molecule has 1 aliphatic heterocycles. The summed E-state index contributed by atoms with van der Waals surface area (Å²) < 4.78 is 0. The number of aromatic nitrogens is 1. The van der Waals surface area contributed by atoms with Gasteiger partial charge in [0.2, 0.25) is 0 Å². The second-order valence-corrected chi connectivity index (χ2v) is 5.60. The van der Waals surface area contributed by atoms with Crippen LogP contribution in [0, 0.1) is 0 Å². The minimum Gasteiger partial charge on any atom is -0.392 e. The number of aliphatic hydroxyl groups excluding tert-OH is 1. The van der Waals surface area contributed by atoms with E-state index in [1.54, 1.807) is 0 Å². The van der Waals surface area contributed by atoms with E-state index < -0.39 is 0 Å². The van der Waals surface area contributed by atoms with Gasteiger partial charge in [0.05, 0.1) is 6.10 Å². The molecule has 3 nitrogen and oxygen atoms in total. The third-order valence-corrected chi connectivity index (χ3v) is 4.31. The van der Waals surface area contributed by atoms with E-state index in [4.69, 9.17) is 0 Å². The van der Waals surface area contributed by atoms with Crippen LogP contribution in [0.2, 0.25) is 0 Å². The first-order chi connectivity index (χ1) is 9.25. The molecule has 0 radical (unpaired) electrons. The van der Waals surface area contributed by atoms with Gasteiger partial charge in [-0.1, -0.05) is 18.2 Å². The van der Waals surface area contributed by atoms with Crippen molar-refractivity contribution in [2.45, 2.75) is 38.3 Å². The molecule has 1 aromatic heterocycles. The van der Waals surface area contributed by atoms with Gasteiger partial charge in [0.1, 0.15) is 0 Å². The van der Waals surface area contributed by atoms with E-state index in [2.05, 4.69) is 40.3 Å². The monoisotopic (exact) mass is 258 g/mol. The fourth-order valence-electron chi connectivity index (χ4n) is 3.28. The number of para-hydroxylation sites is 1. The second kappa shape index (κ2) is 5.35. The first-order valence-corrected chi connectivity index (χ1v) is 7.23. The van der Waals surface area contributed by atoms with Gasteiger partial charge in [-0.2, -0.15) is 0 Å². The quantitative estimate of drug-likeness (QED) is 0.884. The summed E-state index contributed by atoms with van der Waals surface area (Å²) in [5.41, 5.74) is 2.60. The fraction of sp³-hybridized carbons (Fsp3) is 0.500. The molecule has 3 rings (SSSR count). The number of benzene rings is 1. The van der Waals surface area contributed by atoms with Gasteiger partial charge in [0.15, 0.2) is 0 Å². The average molecular weight is 258 g/mol. The minimum absolute atomic E-state index is 0.217. The fourth-order valence-corrected chi connectivity index (χ4v) is 3.28. The largest absolute Gasteiger partial charge is 0.392 e.